The van der Waals surface area contributed by atoms with Gasteiger partial charge in [0, 0.05) is 23.3 Å². The van der Waals surface area contributed by atoms with Gasteiger partial charge in [-0.05, 0) is 54.4 Å². The molecule has 32 heavy (non-hydrogen) atoms. The molecule has 1 aliphatic heterocycles. The third kappa shape index (κ3) is 3.82. The second-order valence-corrected chi connectivity index (χ2v) is 8.40. The van der Waals surface area contributed by atoms with Gasteiger partial charge < -0.3 is 4.74 Å². The Kier molecular flexibility index (Phi) is 6.14. The molecule has 0 saturated heterocycles. The van der Waals surface area contributed by atoms with E-state index in [2.05, 4.69) is 11.6 Å². The largest absolute Gasteiger partial charge is 0.494 e. The molecule has 164 valence electrons. The van der Waals surface area contributed by atoms with Gasteiger partial charge in [0.15, 0.2) is 0 Å². The second-order valence-electron chi connectivity index (χ2n) is 7.39. The van der Waals surface area contributed by atoms with Gasteiger partial charge in [0.25, 0.3) is 6.17 Å². The maximum absolute atomic E-state index is 13.2. The fourth-order valence-electron chi connectivity index (χ4n) is 3.97. The van der Waals surface area contributed by atoms with Gasteiger partial charge in [-0.2, -0.15) is 0 Å². The maximum atomic E-state index is 13.2. The van der Waals surface area contributed by atoms with Crippen LogP contribution in [-0.2, 0) is 4.79 Å². The highest BCUT2D eigenvalue weighted by Gasteiger charge is 2.44. The van der Waals surface area contributed by atoms with Crippen molar-refractivity contribution in [3.8, 4) is 17.0 Å². The third-order valence-corrected chi connectivity index (χ3v) is 6.09. The van der Waals surface area contributed by atoms with Crippen LogP contribution in [0.1, 0.15) is 31.1 Å². The summed E-state index contributed by atoms with van der Waals surface area (Å²) in [6.07, 6.45) is 1.14. The number of hydrogen-bond donors (Lipinski definition) is 1. The van der Waals surface area contributed by atoms with Crippen LogP contribution < -0.4 is 19.9 Å². The number of aromatic nitrogens is 3. The lowest BCUT2D eigenvalue weighted by atomic mass is 10.0. The van der Waals surface area contributed by atoms with Gasteiger partial charge >= 0.3 is 11.3 Å². The Hall–Kier alpha value is -3.39. The summed E-state index contributed by atoms with van der Waals surface area (Å²) in [6, 6.07) is 13.2. The summed E-state index contributed by atoms with van der Waals surface area (Å²) in [5, 5.41) is 5.21. The van der Waals surface area contributed by atoms with Crippen LogP contribution in [0.25, 0.3) is 11.3 Å². The number of aromatic amines is 1. The van der Waals surface area contributed by atoms with Gasteiger partial charge in [0.2, 0.25) is 11.1 Å². The predicted octanol–water partition coefficient (Wildman–Crippen LogP) is 3.62. The highest BCUT2D eigenvalue weighted by atomic mass is 32.2. The minimum absolute atomic E-state index is 0.144. The summed E-state index contributed by atoms with van der Waals surface area (Å²) in [5.74, 6) is 1.24. The van der Waals surface area contributed by atoms with Gasteiger partial charge in [-0.3, -0.25) is 14.6 Å². The van der Waals surface area contributed by atoms with Crippen LogP contribution in [0.3, 0.4) is 0 Å². The fourth-order valence-corrected chi connectivity index (χ4v) is 4.55. The zero-order valence-electron chi connectivity index (χ0n) is 18.3. The highest BCUT2D eigenvalue weighted by molar-refractivity contribution is 7.99. The van der Waals surface area contributed by atoms with Crippen LogP contribution >= 0.6 is 11.8 Å². The summed E-state index contributed by atoms with van der Waals surface area (Å²) in [7, 11) is 0. The molecular weight excluding hydrogens is 424 g/mol. The second kappa shape index (κ2) is 9.00. The summed E-state index contributed by atoms with van der Waals surface area (Å²) in [6.45, 7) is 9.73. The number of ether oxygens (including phenoxy) is 1. The van der Waals surface area contributed by atoms with E-state index in [9.17, 15) is 9.59 Å². The van der Waals surface area contributed by atoms with Crippen molar-refractivity contribution in [1.29, 1.82) is 0 Å². The number of hydrogen-bond acceptors (Lipinski definition) is 5. The number of thioether (sulfide) groups is 1. The molecule has 3 aromatic rings. The van der Waals surface area contributed by atoms with Crippen molar-refractivity contribution in [2.45, 2.75) is 32.1 Å². The number of nitrogens with zero attached hydrogens (tertiary/aromatic N) is 3. The molecule has 0 fully saturated rings. The van der Waals surface area contributed by atoms with Gasteiger partial charge in [-0.15, -0.1) is 6.58 Å². The summed E-state index contributed by atoms with van der Waals surface area (Å²) in [5.41, 5.74) is 3.28. The summed E-state index contributed by atoms with van der Waals surface area (Å²) < 4.78 is 7.35. The van der Waals surface area contributed by atoms with E-state index in [1.165, 1.54) is 18.7 Å². The molecule has 7 nitrogen and oxygen atoms in total. The Labute approximate surface area is 190 Å². The Balaban J connectivity index is 1.99. The molecule has 1 N–H and O–H groups in total. The number of rotatable bonds is 6. The lowest BCUT2D eigenvalue weighted by molar-refractivity contribution is -0.763. The quantitative estimate of drug-likeness (QED) is 0.353. The fraction of sp³-hybridized carbons (Fsp3) is 0.250. The van der Waals surface area contributed by atoms with E-state index in [1.807, 2.05) is 56.3 Å². The number of fused-ring (bicyclic) bond motifs is 3. The first-order valence-corrected chi connectivity index (χ1v) is 11.4. The van der Waals surface area contributed by atoms with Crippen molar-refractivity contribution in [2.75, 3.05) is 17.3 Å². The minimum Gasteiger partial charge on any atom is -0.494 e. The molecule has 1 aromatic heterocycles. The first-order valence-electron chi connectivity index (χ1n) is 10.4. The molecule has 1 atom stereocenters. The van der Waals surface area contributed by atoms with Gasteiger partial charge in [0.05, 0.1) is 17.9 Å². The Morgan fingerprint density at radius 2 is 2.12 bits per heavy atom. The highest BCUT2D eigenvalue weighted by Crippen LogP contribution is 2.38. The molecule has 2 aromatic carbocycles. The summed E-state index contributed by atoms with van der Waals surface area (Å²) >= 11 is 1.38. The molecule has 4 rings (SSSR count). The number of benzene rings is 2. The molecule has 0 saturated carbocycles. The van der Waals surface area contributed by atoms with E-state index in [-0.39, 0.29) is 11.5 Å². The first-order chi connectivity index (χ1) is 15.5. The zero-order valence-corrected chi connectivity index (χ0v) is 19.1. The molecule has 1 amide bonds. The van der Waals surface area contributed by atoms with Gasteiger partial charge in [-0.1, -0.05) is 30.0 Å². The molecule has 0 bridgehead atoms. The number of aryl methyl sites for hydroxylation is 1. The smallest absolute Gasteiger partial charge is 0.325 e. The van der Waals surface area contributed by atoms with Crippen LogP contribution in [0.4, 0.5) is 5.69 Å². The molecule has 0 spiro atoms. The van der Waals surface area contributed by atoms with Crippen LogP contribution in [-0.4, -0.2) is 28.3 Å². The van der Waals surface area contributed by atoms with Gasteiger partial charge in [-0.25, -0.2) is 4.90 Å². The van der Waals surface area contributed by atoms with Crippen LogP contribution in [0.2, 0.25) is 0 Å². The topological polar surface area (TPSA) is 79.2 Å². The number of amides is 1. The normalized spacial score (nSPS) is 14.5. The number of H-pyrrole nitrogens is 1. The van der Waals surface area contributed by atoms with Crippen LogP contribution in [0, 0.1) is 6.92 Å². The lowest BCUT2D eigenvalue weighted by Gasteiger charge is -2.31. The molecule has 0 unspecified atom stereocenters. The minimum atomic E-state index is -0.614. The Bertz CT molecular complexity index is 1250. The predicted molar refractivity (Wildman–Crippen MR) is 125 cm³/mol. The average Bonchev–Trinajstić information content (AvgIpc) is 2.77. The van der Waals surface area contributed by atoms with E-state index in [4.69, 9.17) is 9.84 Å². The summed E-state index contributed by atoms with van der Waals surface area (Å²) in [4.78, 5) is 30.7. The molecule has 1 aliphatic rings. The van der Waals surface area contributed by atoms with Crippen molar-refractivity contribution < 1.29 is 14.2 Å². The van der Waals surface area contributed by atoms with Gasteiger partial charge in [0.1, 0.15) is 5.75 Å². The van der Waals surface area contributed by atoms with Crippen molar-refractivity contribution in [2.24, 2.45) is 0 Å². The number of nitrogens with one attached hydrogen (secondary N) is 1. The van der Waals surface area contributed by atoms with E-state index in [0.717, 1.165) is 16.9 Å². The van der Waals surface area contributed by atoms with E-state index in [0.29, 0.717) is 34.5 Å². The zero-order chi connectivity index (χ0) is 22.8. The van der Waals surface area contributed by atoms with E-state index >= 15 is 0 Å². The number of carbonyl (C=O) groups is 1. The SMILES string of the molecule is C=CCSc1n[n+]2c(c(=O)[nH]1)-c1ccccc1N(C(C)=O)[C@H]2c1ccc(OCC)c(C)c1. The molecule has 8 heteroatoms. The molecule has 0 radical (unpaired) electrons. The van der Waals surface area contributed by atoms with Crippen LogP contribution in [0.15, 0.2) is 65.1 Å². The number of para-hydroxylation sites is 1. The number of carbonyl (C=O) groups excluding carboxylic acids is 1. The van der Waals surface area contributed by atoms with Crippen molar-refractivity contribution in [3.05, 3.63) is 76.6 Å². The number of anilines is 1. The maximum Gasteiger partial charge on any atom is 0.325 e. The third-order valence-electron chi connectivity index (χ3n) is 5.23. The first kappa shape index (κ1) is 21.8. The Morgan fingerprint density at radius 3 is 2.81 bits per heavy atom. The Morgan fingerprint density at radius 1 is 1.34 bits per heavy atom. The van der Waals surface area contributed by atoms with Crippen LogP contribution in [0.5, 0.6) is 5.75 Å². The van der Waals surface area contributed by atoms with Crippen molar-refractivity contribution in [3.63, 3.8) is 0 Å². The molecular formula is C24H25N4O3S+. The monoisotopic (exact) mass is 449 g/mol. The molecule has 0 aliphatic carbocycles. The average molecular weight is 450 g/mol. The van der Waals surface area contributed by atoms with E-state index in [1.54, 1.807) is 15.7 Å². The van der Waals surface area contributed by atoms with E-state index < -0.39 is 6.17 Å². The molecule has 2 heterocycles. The van der Waals surface area contributed by atoms with Crippen molar-refractivity contribution in [1.82, 2.24) is 10.1 Å². The standard InChI is InChI=1S/C24H24N4O3S/c1-5-13-32-24-25-22(30)21-18-9-7-8-10-19(18)27(16(4)29)23(28(21)26-24)17-11-12-20(31-6-2)15(3)14-17/h5,7-12,14,23H,1,6,13H2,2-4H3/p+1/t23-/m1/s1. The van der Waals surface area contributed by atoms with Crippen molar-refractivity contribution >= 4 is 23.4 Å². The lowest BCUT2D eigenvalue weighted by Crippen LogP contribution is -2.60.